The van der Waals surface area contributed by atoms with Gasteiger partial charge in [-0.1, -0.05) is 0 Å². The van der Waals surface area contributed by atoms with E-state index < -0.39 is 0 Å². The number of halogens is 1. The second-order valence-electron chi connectivity index (χ2n) is 4.96. The van der Waals surface area contributed by atoms with E-state index in [-0.39, 0.29) is 0 Å². The summed E-state index contributed by atoms with van der Waals surface area (Å²) in [4.78, 5) is 9.08. The summed E-state index contributed by atoms with van der Waals surface area (Å²) in [6.45, 7) is 3.41. The summed E-state index contributed by atoms with van der Waals surface area (Å²) in [6, 6.07) is 2.86. The van der Waals surface area contributed by atoms with Gasteiger partial charge in [0.05, 0.1) is 0 Å². The number of pyridine rings is 1. The summed E-state index contributed by atoms with van der Waals surface area (Å²) in [5.74, 6) is 0. The molecule has 1 fully saturated rings. The standard InChI is InChI=1S/C13H20BrN3/c1-16-5-3-13(4-6-16)17(2)10-11-7-12(14)9-15-8-11/h7-9,13H,3-6,10H2,1-2H3. The maximum absolute atomic E-state index is 4.21. The number of hydrogen-bond acceptors (Lipinski definition) is 3. The molecule has 0 unspecified atom stereocenters. The molecule has 0 amide bonds. The number of aromatic nitrogens is 1. The van der Waals surface area contributed by atoms with E-state index >= 15 is 0 Å². The first kappa shape index (κ1) is 13.0. The van der Waals surface area contributed by atoms with Crippen LogP contribution >= 0.6 is 15.9 Å². The molecule has 3 nitrogen and oxygen atoms in total. The lowest BCUT2D eigenvalue weighted by atomic mass is 10.0. The van der Waals surface area contributed by atoms with Gasteiger partial charge < -0.3 is 4.90 Å². The van der Waals surface area contributed by atoms with Gasteiger partial charge in [-0.2, -0.15) is 0 Å². The zero-order chi connectivity index (χ0) is 12.3. The van der Waals surface area contributed by atoms with E-state index in [0.29, 0.717) is 6.04 Å². The predicted molar refractivity (Wildman–Crippen MR) is 73.9 cm³/mol. The highest BCUT2D eigenvalue weighted by atomic mass is 79.9. The summed E-state index contributed by atoms with van der Waals surface area (Å²) >= 11 is 3.47. The molecule has 2 rings (SSSR count). The number of nitrogens with zero attached hydrogens (tertiary/aromatic N) is 3. The lowest BCUT2D eigenvalue weighted by Gasteiger charge is -2.35. The van der Waals surface area contributed by atoms with Gasteiger partial charge in [0.25, 0.3) is 0 Å². The van der Waals surface area contributed by atoms with Crippen LogP contribution in [-0.2, 0) is 6.54 Å². The molecule has 1 aliphatic heterocycles. The monoisotopic (exact) mass is 297 g/mol. The van der Waals surface area contributed by atoms with Crippen LogP contribution in [0.25, 0.3) is 0 Å². The average molecular weight is 298 g/mol. The largest absolute Gasteiger partial charge is 0.306 e. The molecule has 0 aliphatic carbocycles. The summed E-state index contributed by atoms with van der Waals surface area (Å²) in [7, 11) is 4.42. The van der Waals surface area contributed by atoms with Crippen LogP contribution in [0, 0.1) is 0 Å². The van der Waals surface area contributed by atoms with Gasteiger partial charge in [0, 0.05) is 29.5 Å². The topological polar surface area (TPSA) is 19.4 Å². The molecule has 0 bridgehead atoms. The van der Waals surface area contributed by atoms with E-state index in [2.05, 4.69) is 50.9 Å². The molecular weight excluding hydrogens is 278 g/mol. The number of rotatable bonds is 3. The fraction of sp³-hybridized carbons (Fsp3) is 0.615. The van der Waals surface area contributed by atoms with Crippen molar-refractivity contribution in [2.45, 2.75) is 25.4 Å². The van der Waals surface area contributed by atoms with Crippen LogP contribution in [0.4, 0.5) is 0 Å². The minimum Gasteiger partial charge on any atom is -0.306 e. The van der Waals surface area contributed by atoms with E-state index in [1.165, 1.54) is 31.5 Å². The molecule has 0 saturated carbocycles. The average Bonchev–Trinajstić information content (AvgIpc) is 2.29. The Morgan fingerprint density at radius 3 is 2.76 bits per heavy atom. The zero-order valence-corrected chi connectivity index (χ0v) is 12.2. The summed E-state index contributed by atoms with van der Waals surface area (Å²) in [5, 5.41) is 0. The second kappa shape index (κ2) is 5.94. The van der Waals surface area contributed by atoms with Crippen molar-refractivity contribution < 1.29 is 0 Å². The Bertz CT molecular complexity index is 361. The van der Waals surface area contributed by atoms with Crippen molar-refractivity contribution in [1.82, 2.24) is 14.8 Å². The van der Waals surface area contributed by atoms with Gasteiger partial charge in [0.15, 0.2) is 0 Å². The Labute approximate surface area is 112 Å². The van der Waals surface area contributed by atoms with E-state index in [1.807, 2.05) is 12.4 Å². The quantitative estimate of drug-likeness (QED) is 0.854. The van der Waals surface area contributed by atoms with Crippen LogP contribution in [0.3, 0.4) is 0 Å². The molecular formula is C13H20BrN3. The number of likely N-dealkylation sites (tertiary alicyclic amines) is 1. The first-order valence-corrected chi connectivity index (χ1v) is 6.92. The normalized spacial score (nSPS) is 18.8. The van der Waals surface area contributed by atoms with Crippen molar-refractivity contribution in [3.8, 4) is 0 Å². The molecule has 17 heavy (non-hydrogen) atoms. The molecule has 94 valence electrons. The molecule has 1 aromatic rings. The molecule has 0 spiro atoms. The van der Waals surface area contributed by atoms with Gasteiger partial charge in [-0.05, 0) is 67.6 Å². The van der Waals surface area contributed by atoms with Crippen molar-refractivity contribution in [3.63, 3.8) is 0 Å². The second-order valence-corrected chi connectivity index (χ2v) is 5.88. The first-order valence-electron chi connectivity index (χ1n) is 6.13. The molecule has 0 N–H and O–H groups in total. The third kappa shape index (κ3) is 3.76. The van der Waals surface area contributed by atoms with Gasteiger partial charge in [-0.25, -0.2) is 0 Å². The van der Waals surface area contributed by atoms with Crippen LogP contribution in [0.5, 0.6) is 0 Å². The molecule has 1 saturated heterocycles. The Morgan fingerprint density at radius 2 is 2.12 bits per heavy atom. The van der Waals surface area contributed by atoms with Gasteiger partial charge in [-0.15, -0.1) is 0 Å². The summed E-state index contributed by atoms with van der Waals surface area (Å²) < 4.78 is 1.06. The van der Waals surface area contributed by atoms with E-state index in [1.54, 1.807) is 0 Å². The Hall–Kier alpha value is -0.450. The van der Waals surface area contributed by atoms with Crippen LogP contribution in [-0.4, -0.2) is 48.0 Å². The highest BCUT2D eigenvalue weighted by Crippen LogP contribution is 2.17. The highest BCUT2D eigenvalue weighted by Gasteiger charge is 2.20. The molecule has 1 aliphatic rings. The number of piperidine rings is 1. The first-order chi connectivity index (χ1) is 8.15. The van der Waals surface area contributed by atoms with Crippen molar-refractivity contribution in [2.24, 2.45) is 0 Å². The number of hydrogen-bond donors (Lipinski definition) is 0. The van der Waals surface area contributed by atoms with E-state index in [4.69, 9.17) is 0 Å². The fourth-order valence-electron chi connectivity index (χ4n) is 2.40. The Kier molecular flexibility index (Phi) is 4.54. The van der Waals surface area contributed by atoms with Crippen molar-refractivity contribution in [1.29, 1.82) is 0 Å². The maximum Gasteiger partial charge on any atom is 0.0410 e. The SMILES string of the molecule is CN1CCC(N(C)Cc2cncc(Br)c2)CC1. The van der Waals surface area contributed by atoms with Crippen LogP contribution < -0.4 is 0 Å². The van der Waals surface area contributed by atoms with Gasteiger partial charge in [-0.3, -0.25) is 9.88 Å². The van der Waals surface area contributed by atoms with Crippen LogP contribution in [0.2, 0.25) is 0 Å². The van der Waals surface area contributed by atoms with Gasteiger partial charge >= 0.3 is 0 Å². The smallest absolute Gasteiger partial charge is 0.0410 e. The van der Waals surface area contributed by atoms with Crippen molar-refractivity contribution in [2.75, 3.05) is 27.2 Å². The lowest BCUT2D eigenvalue weighted by Crippen LogP contribution is -2.41. The Balaban J connectivity index is 1.90. The van der Waals surface area contributed by atoms with Crippen LogP contribution in [0.15, 0.2) is 22.9 Å². The van der Waals surface area contributed by atoms with Gasteiger partial charge in [0.2, 0.25) is 0 Å². The predicted octanol–water partition coefficient (Wildman–Crippen LogP) is 2.37. The van der Waals surface area contributed by atoms with Crippen molar-refractivity contribution in [3.05, 3.63) is 28.5 Å². The third-order valence-electron chi connectivity index (χ3n) is 3.50. The highest BCUT2D eigenvalue weighted by molar-refractivity contribution is 9.10. The molecule has 0 atom stereocenters. The molecule has 2 heterocycles. The van der Waals surface area contributed by atoms with Crippen molar-refractivity contribution >= 4 is 15.9 Å². The maximum atomic E-state index is 4.21. The minimum absolute atomic E-state index is 0.713. The Morgan fingerprint density at radius 1 is 1.41 bits per heavy atom. The molecule has 0 radical (unpaired) electrons. The third-order valence-corrected chi connectivity index (χ3v) is 3.94. The van der Waals surface area contributed by atoms with Crippen LogP contribution in [0.1, 0.15) is 18.4 Å². The molecule has 0 aromatic carbocycles. The molecule has 1 aromatic heterocycles. The summed E-state index contributed by atoms with van der Waals surface area (Å²) in [5.41, 5.74) is 1.28. The fourth-order valence-corrected chi connectivity index (χ4v) is 2.81. The van der Waals surface area contributed by atoms with E-state index in [0.717, 1.165) is 11.0 Å². The van der Waals surface area contributed by atoms with E-state index in [9.17, 15) is 0 Å². The molecule has 4 heteroatoms. The minimum atomic E-state index is 0.713. The zero-order valence-electron chi connectivity index (χ0n) is 10.6. The van der Waals surface area contributed by atoms with Gasteiger partial charge in [0.1, 0.15) is 0 Å². The lowest BCUT2D eigenvalue weighted by molar-refractivity contribution is 0.139. The summed E-state index contributed by atoms with van der Waals surface area (Å²) in [6.07, 6.45) is 6.33.